The lowest BCUT2D eigenvalue weighted by molar-refractivity contribution is -0.136. The van der Waals surface area contributed by atoms with Crippen molar-refractivity contribution in [3.05, 3.63) is 75.5 Å². The first-order chi connectivity index (χ1) is 13.8. The summed E-state index contributed by atoms with van der Waals surface area (Å²) in [7, 11) is 1.22. The third-order valence-corrected chi connectivity index (χ3v) is 4.54. The highest BCUT2D eigenvalue weighted by atomic mass is 35.5. The molecular formula is C20H16ClFN2O5. The third-order valence-electron chi connectivity index (χ3n) is 4.24. The fourth-order valence-electron chi connectivity index (χ4n) is 2.91. The summed E-state index contributed by atoms with van der Waals surface area (Å²) in [4.78, 5) is 12.3. The van der Waals surface area contributed by atoms with Crippen LogP contribution in [0.4, 0.5) is 4.39 Å². The Labute approximate surface area is 170 Å². The minimum Gasteiger partial charge on any atom is -0.484 e. The van der Waals surface area contributed by atoms with Gasteiger partial charge in [0.2, 0.25) is 5.88 Å². The van der Waals surface area contributed by atoms with Gasteiger partial charge in [0, 0.05) is 0 Å². The Morgan fingerprint density at radius 1 is 1.38 bits per heavy atom. The van der Waals surface area contributed by atoms with E-state index in [1.165, 1.54) is 19.2 Å². The van der Waals surface area contributed by atoms with Gasteiger partial charge in [0.05, 0.1) is 23.6 Å². The lowest BCUT2D eigenvalue weighted by atomic mass is 9.87. The molecule has 7 nitrogen and oxygen atoms in total. The lowest BCUT2D eigenvalue weighted by Crippen LogP contribution is -2.24. The number of nitrogens with zero attached hydrogens (tertiary/aromatic N) is 1. The van der Waals surface area contributed by atoms with Crippen molar-refractivity contribution >= 4 is 17.6 Å². The molecule has 29 heavy (non-hydrogen) atoms. The molecule has 1 aliphatic heterocycles. The van der Waals surface area contributed by atoms with Gasteiger partial charge < -0.3 is 24.4 Å². The Morgan fingerprint density at radius 3 is 2.79 bits per heavy atom. The molecule has 150 valence electrons. The summed E-state index contributed by atoms with van der Waals surface area (Å²) >= 11 is 5.94. The van der Waals surface area contributed by atoms with E-state index in [2.05, 4.69) is 0 Å². The number of ether oxygens (including phenoxy) is 3. The summed E-state index contributed by atoms with van der Waals surface area (Å²) in [6.45, 7) is 1.54. The van der Waals surface area contributed by atoms with Gasteiger partial charge in [-0.15, -0.1) is 0 Å². The van der Waals surface area contributed by atoms with Gasteiger partial charge in [-0.2, -0.15) is 5.26 Å². The summed E-state index contributed by atoms with van der Waals surface area (Å²) in [5, 5.41) is 9.63. The van der Waals surface area contributed by atoms with E-state index < -0.39 is 17.7 Å². The molecule has 0 amide bonds. The molecule has 1 unspecified atom stereocenters. The molecule has 0 saturated heterocycles. The van der Waals surface area contributed by atoms with Crippen molar-refractivity contribution in [3.8, 4) is 11.8 Å². The van der Waals surface area contributed by atoms with Crippen LogP contribution < -0.4 is 10.5 Å². The summed E-state index contributed by atoms with van der Waals surface area (Å²) in [6.07, 6.45) is 0. The summed E-state index contributed by atoms with van der Waals surface area (Å²) < 4.78 is 34.6. The number of carbonyl (C=O) groups is 1. The molecule has 2 heterocycles. The average Bonchev–Trinajstić information content (AvgIpc) is 3.15. The number of hydrogen-bond acceptors (Lipinski definition) is 7. The molecule has 3 rings (SSSR count). The number of hydrogen-bond donors (Lipinski definition) is 1. The van der Waals surface area contributed by atoms with Gasteiger partial charge in [0.1, 0.15) is 47.1 Å². The van der Waals surface area contributed by atoms with Crippen molar-refractivity contribution in [3.63, 3.8) is 0 Å². The number of rotatable bonds is 5. The van der Waals surface area contributed by atoms with Crippen LogP contribution in [0.5, 0.6) is 5.75 Å². The molecule has 1 aromatic heterocycles. The number of nitrogens with two attached hydrogens (primary N) is 1. The quantitative estimate of drug-likeness (QED) is 0.733. The summed E-state index contributed by atoms with van der Waals surface area (Å²) in [5.74, 6) is -0.969. The minimum atomic E-state index is -0.885. The summed E-state index contributed by atoms with van der Waals surface area (Å²) in [5.41, 5.74) is 5.96. The van der Waals surface area contributed by atoms with Gasteiger partial charge >= 0.3 is 5.97 Å². The molecule has 0 bridgehead atoms. The average molecular weight is 419 g/mol. The van der Waals surface area contributed by atoms with E-state index in [0.29, 0.717) is 5.76 Å². The number of allylic oxidation sites excluding steroid dienone is 2. The zero-order valence-electron chi connectivity index (χ0n) is 15.5. The Bertz CT molecular complexity index is 1070. The topological polar surface area (TPSA) is 108 Å². The molecule has 0 fully saturated rings. The molecule has 2 aromatic rings. The van der Waals surface area contributed by atoms with Gasteiger partial charge in [-0.05, 0) is 37.3 Å². The van der Waals surface area contributed by atoms with Crippen molar-refractivity contribution in [1.82, 2.24) is 0 Å². The van der Waals surface area contributed by atoms with Crippen LogP contribution in [0, 0.1) is 17.1 Å². The lowest BCUT2D eigenvalue weighted by Gasteiger charge is -2.24. The number of esters is 1. The zero-order chi connectivity index (χ0) is 21.1. The van der Waals surface area contributed by atoms with Crippen LogP contribution in [0.25, 0.3) is 0 Å². The molecule has 0 aliphatic carbocycles. The van der Waals surface area contributed by atoms with Crippen LogP contribution in [-0.4, -0.2) is 13.1 Å². The fraction of sp³-hybridized carbons (Fsp3) is 0.200. The predicted molar refractivity (Wildman–Crippen MR) is 99.8 cm³/mol. The Balaban J connectivity index is 1.89. The van der Waals surface area contributed by atoms with Crippen molar-refractivity contribution in [2.24, 2.45) is 5.73 Å². The van der Waals surface area contributed by atoms with Gasteiger partial charge in [-0.25, -0.2) is 9.18 Å². The number of furan rings is 1. The van der Waals surface area contributed by atoms with E-state index in [4.69, 9.17) is 36.0 Å². The maximum Gasteiger partial charge on any atom is 0.338 e. The molecule has 2 N–H and O–H groups in total. The second-order valence-electron chi connectivity index (χ2n) is 6.05. The monoisotopic (exact) mass is 418 g/mol. The van der Waals surface area contributed by atoms with E-state index in [1.54, 1.807) is 19.1 Å². The van der Waals surface area contributed by atoms with E-state index in [9.17, 15) is 14.4 Å². The van der Waals surface area contributed by atoms with Crippen molar-refractivity contribution < 1.29 is 27.8 Å². The first-order valence-corrected chi connectivity index (χ1v) is 8.76. The SMILES string of the molecule is COC(=O)C1=C(C)OC(N)=C(C#N)C1c1ccc(COc2ccc(F)cc2Cl)o1. The first-order valence-electron chi connectivity index (χ1n) is 8.38. The van der Waals surface area contributed by atoms with Crippen LogP contribution >= 0.6 is 11.6 Å². The van der Waals surface area contributed by atoms with E-state index >= 15 is 0 Å². The summed E-state index contributed by atoms with van der Waals surface area (Å²) in [6, 6.07) is 8.93. The van der Waals surface area contributed by atoms with Crippen LogP contribution in [-0.2, 0) is 20.9 Å². The zero-order valence-corrected chi connectivity index (χ0v) is 16.2. The van der Waals surface area contributed by atoms with Crippen molar-refractivity contribution in [2.45, 2.75) is 19.4 Å². The Hall–Kier alpha value is -3.44. The number of benzene rings is 1. The standard InChI is InChI=1S/C20H16ClFN2O5/c1-10-17(20(25)26-2)18(13(8-23)19(24)28-10)16-6-4-12(29-16)9-27-15-5-3-11(22)7-14(15)21/h3-7,18H,9,24H2,1-2H3. The molecular weight excluding hydrogens is 403 g/mol. The van der Waals surface area contributed by atoms with E-state index in [-0.39, 0.29) is 45.9 Å². The van der Waals surface area contributed by atoms with E-state index in [0.717, 1.165) is 6.07 Å². The Morgan fingerprint density at radius 2 is 2.14 bits per heavy atom. The second kappa shape index (κ2) is 8.29. The molecule has 0 saturated carbocycles. The van der Waals surface area contributed by atoms with Crippen LogP contribution in [0.1, 0.15) is 24.4 Å². The van der Waals surface area contributed by atoms with Gasteiger partial charge in [-0.1, -0.05) is 11.6 Å². The molecule has 0 radical (unpaired) electrons. The highest BCUT2D eigenvalue weighted by Gasteiger charge is 2.38. The van der Waals surface area contributed by atoms with Gasteiger partial charge in [0.25, 0.3) is 0 Å². The normalized spacial score (nSPS) is 16.3. The number of carbonyl (C=O) groups excluding carboxylic acids is 1. The highest BCUT2D eigenvalue weighted by molar-refractivity contribution is 6.32. The van der Waals surface area contributed by atoms with Gasteiger partial charge in [0.15, 0.2) is 0 Å². The molecule has 1 aliphatic rings. The Kier molecular flexibility index (Phi) is 5.80. The molecule has 1 aromatic carbocycles. The number of nitriles is 1. The fourth-order valence-corrected chi connectivity index (χ4v) is 3.13. The largest absolute Gasteiger partial charge is 0.484 e. The van der Waals surface area contributed by atoms with E-state index in [1.807, 2.05) is 6.07 Å². The second-order valence-corrected chi connectivity index (χ2v) is 6.46. The van der Waals surface area contributed by atoms with Crippen molar-refractivity contribution in [1.29, 1.82) is 5.26 Å². The van der Waals surface area contributed by atoms with Crippen LogP contribution in [0.2, 0.25) is 5.02 Å². The molecule has 9 heteroatoms. The first kappa shape index (κ1) is 20.3. The molecule has 0 spiro atoms. The number of methoxy groups -OCH3 is 1. The predicted octanol–water partition coefficient (Wildman–Crippen LogP) is 3.91. The highest BCUT2D eigenvalue weighted by Crippen LogP contribution is 2.40. The minimum absolute atomic E-state index is 0.00803. The maximum atomic E-state index is 13.1. The smallest absolute Gasteiger partial charge is 0.338 e. The third kappa shape index (κ3) is 4.05. The van der Waals surface area contributed by atoms with Gasteiger partial charge in [-0.3, -0.25) is 0 Å². The number of halogens is 2. The van der Waals surface area contributed by atoms with Crippen molar-refractivity contribution in [2.75, 3.05) is 7.11 Å². The molecule has 1 atom stereocenters. The van der Waals surface area contributed by atoms with Crippen LogP contribution in [0.15, 0.2) is 57.5 Å². The van der Waals surface area contributed by atoms with Crippen LogP contribution in [0.3, 0.4) is 0 Å². The maximum absolute atomic E-state index is 13.1.